The van der Waals surface area contributed by atoms with Gasteiger partial charge in [-0.25, -0.2) is 0 Å². The summed E-state index contributed by atoms with van der Waals surface area (Å²) in [6.07, 6.45) is 4.76. The number of aromatic nitrogens is 1. The van der Waals surface area contributed by atoms with Crippen molar-refractivity contribution in [2.24, 2.45) is 5.92 Å². The van der Waals surface area contributed by atoms with Crippen LogP contribution in [0.4, 0.5) is 0 Å². The maximum absolute atomic E-state index is 5.65. The van der Waals surface area contributed by atoms with Crippen molar-refractivity contribution < 1.29 is 9.26 Å². The van der Waals surface area contributed by atoms with Gasteiger partial charge in [-0.2, -0.15) is 0 Å². The Morgan fingerprint density at radius 1 is 1.29 bits per heavy atom. The van der Waals surface area contributed by atoms with Crippen molar-refractivity contribution in [2.45, 2.75) is 32.2 Å². The van der Waals surface area contributed by atoms with Crippen LogP contribution in [0, 0.1) is 5.92 Å². The number of benzene rings is 1. The van der Waals surface area contributed by atoms with Crippen molar-refractivity contribution in [1.82, 2.24) is 15.0 Å². The molecule has 0 N–H and O–H groups in total. The van der Waals surface area contributed by atoms with Crippen LogP contribution in [-0.4, -0.2) is 56.3 Å². The molecule has 0 amide bonds. The van der Waals surface area contributed by atoms with Crippen molar-refractivity contribution in [2.75, 3.05) is 41.3 Å². The van der Waals surface area contributed by atoms with Gasteiger partial charge in [-0.3, -0.25) is 0 Å². The second-order valence-corrected chi connectivity index (χ2v) is 7.29. The Kier molecular flexibility index (Phi) is 5.41. The summed E-state index contributed by atoms with van der Waals surface area (Å²) in [4.78, 5) is 4.54. The number of hydrogen-bond donors (Lipinski definition) is 0. The van der Waals surface area contributed by atoms with Crippen LogP contribution < -0.4 is 4.74 Å². The third-order valence-corrected chi connectivity index (χ3v) is 5.07. The average molecular weight is 331 g/mol. The van der Waals surface area contributed by atoms with Gasteiger partial charge in [-0.1, -0.05) is 11.2 Å². The maximum atomic E-state index is 5.65. The Hall–Kier alpha value is -1.59. The van der Waals surface area contributed by atoms with Gasteiger partial charge in [0, 0.05) is 17.5 Å². The molecule has 1 saturated heterocycles. The fourth-order valence-electron chi connectivity index (χ4n) is 3.63. The van der Waals surface area contributed by atoms with E-state index in [0.29, 0.717) is 0 Å². The zero-order valence-electron chi connectivity index (χ0n) is 15.3. The molecule has 3 rings (SSSR count). The van der Waals surface area contributed by atoms with E-state index in [-0.39, 0.29) is 0 Å². The molecule has 24 heavy (non-hydrogen) atoms. The first-order valence-electron chi connectivity index (χ1n) is 8.86. The maximum Gasteiger partial charge on any atom is 0.209 e. The molecule has 0 saturated carbocycles. The van der Waals surface area contributed by atoms with E-state index >= 15 is 0 Å². The molecule has 132 valence electrons. The highest BCUT2D eigenvalue weighted by molar-refractivity contribution is 5.86. The Bertz CT molecular complexity index is 673. The molecule has 0 unspecified atom stereocenters. The minimum atomic E-state index is 0.787. The van der Waals surface area contributed by atoms with Crippen molar-refractivity contribution in [3.8, 4) is 5.75 Å². The van der Waals surface area contributed by atoms with E-state index in [1.54, 1.807) is 7.11 Å². The molecule has 0 bridgehead atoms. The van der Waals surface area contributed by atoms with Crippen LogP contribution in [0.5, 0.6) is 5.75 Å². The van der Waals surface area contributed by atoms with E-state index in [0.717, 1.165) is 46.9 Å². The van der Waals surface area contributed by atoms with Gasteiger partial charge in [-0.15, -0.1) is 0 Å². The van der Waals surface area contributed by atoms with E-state index in [4.69, 9.17) is 9.26 Å². The average Bonchev–Trinajstić information content (AvgIpc) is 2.97. The van der Waals surface area contributed by atoms with Gasteiger partial charge in [0.1, 0.15) is 0 Å². The van der Waals surface area contributed by atoms with Gasteiger partial charge >= 0.3 is 0 Å². The Morgan fingerprint density at radius 2 is 2.04 bits per heavy atom. The van der Waals surface area contributed by atoms with Gasteiger partial charge < -0.3 is 19.1 Å². The largest absolute Gasteiger partial charge is 0.492 e. The molecule has 5 heteroatoms. The number of rotatable bonds is 6. The molecule has 2 heterocycles. The van der Waals surface area contributed by atoms with E-state index in [9.17, 15) is 0 Å². The van der Waals surface area contributed by atoms with Crippen molar-refractivity contribution >= 4 is 11.0 Å². The Balaban J connectivity index is 1.75. The standard InChI is InChI=1S/C19H29N3O2/c1-21(2)13-15-6-7-16-17(20-24-19(16)18(15)23-4)8-5-14-9-11-22(3)12-10-14/h6-7,14H,5,8-13H2,1-4H3. The molecule has 1 aromatic heterocycles. The number of hydrogen-bond acceptors (Lipinski definition) is 5. The summed E-state index contributed by atoms with van der Waals surface area (Å²) < 4.78 is 11.3. The van der Waals surface area contributed by atoms with Crippen LogP contribution >= 0.6 is 0 Å². The smallest absolute Gasteiger partial charge is 0.209 e. The second kappa shape index (κ2) is 7.53. The van der Waals surface area contributed by atoms with Crippen molar-refractivity contribution in [3.05, 3.63) is 23.4 Å². The fourth-order valence-corrected chi connectivity index (χ4v) is 3.63. The minimum Gasteiger partial charge on any atom is -0.492 e. The zero-order valence-corrected chi connectivity index (χ0v) is 15.3. The number of likely N-dealkylation sites (tertiary alicyclic amines) is 1. The summed E-state index contributed by atoms with van der Waals surface area (Å²) in [7, 11) is 8.02. The van der Waals surface area contributed by atoms with Crippen LogP contribution in [0.15, 0.2) is 16.7 Å². The van der Waals surface area contributed by atoms with Crippen LogP contribution in [0.3, 0.4) is 0 Å². The molecule has 0 radical (unpaired) electrons. The molecular weight excluding hydrogens is 302 g/mol. The lowest BCUT2D eigenvalue weighted by atomic mass is 9.91. The second-order valence-electron chi connectivity index (χ2n) is 7.29. The normalized spacial score (nSPS) is 17.0. The summed E-state index contributed by atoms with van der Waals surface area (Å²) in [6.45, 7) is 3.25. The molecule has 1 aromatic carbocycles. The summed E-state index contributed by atoms with van der Waals surface area (Å²) in [6, 6.07) is 4.27. The number of fused-ring (bicyclic) bond motifs is 1. The predicted octanol–water partition coefficient (Wildman–Crippen LogP) is 3.17. The lowest BCUT2D eigenvalue weighted by Gasteiger charge is -2.28. The van der Waals surface area contributed by atoms with Gasteiger partial charge in [0.25, 0.3) is 0 Å². The van der Waals surface area contributed by atoms with E-state index in [1.807, 2.05) is 0 Å². The summed E-state index contributed by atoms with van der Waals surface area (Å²) in [5.74, 6) is 1.63. The number of piperidine rings is 1. The molecule has 5 nitrogen and oxygen atoms in total. The highest BCUT2D eigenvalue weighted by Gasteiger charge is 2.20. The van der Waals surface area contributed by atoms with Crippen LogP contribution in [0.2, 0.25) is 0 Å². The lowest BCUT2D eigenvalue weighted by molar-refractivity contribution is 0.212. The summed E-state index contributed by atoms with van der Waals surface area (Å²) in [5, 5.41) is 5.44. The molecule has 1 aliphatic heterocycles. The molecule has 2 aromatic rings. The number of nitrogens with zero attached hydrogens (tertiary/aromatic N) is 3. The minimum absolute atomic E-state index is 0.787. The van der Waals surface area contributed by atoms with E-state index < -0.39 is 0 Å². The third-order valence-electron chi connectivity index (χ3n) is 5.07. The topological polar surface area (TPSA) is 41.7 Å². The number of ether oxygens (including phenoxy) is 1. The summed E-state index contributed by atoms with van der Waals surface area (Å²) in [5.41, 5.74) is 2.99. The highest BCUT2D eigenvalue weighted by Crippen LogP contribution is 2.33. The first-order chi connectivity index (χ1) is 11.6. The number of aryl methyl sites for hydroxylation is 1. The third kappa shape index (κ3) is 3.73. The molecule has 1 aliphatic rings. The van der Waals surface area contributed by atoms with Crippen LogP contribution in [-0.2, 0) is 13.0 Å². The quantitative estimate of drug-likeness (QED) is 0.813. The summed E-state index contributed by atoms with van der Waals surface area (Å²) >= 11 is 0. The molecular formula is C19H29N3O2. The fraction of sp³-hybridized carbons (Fsp3) is 0.632. The van der Waals surface area contributed by atoms with Crippen LogP contribution in [0.1, 0.15) is 30.5 Å². The van der Waals surface area contributed by atoms with Crippen molar-refractivity contribution in [1.29, 1.82) is 0 Å². The Morgan fingerprint density at radius 3 is 2.71 bits per heavy atom. The molecule has 0 aliphatic carbocycles. The van der Waals surface area contributed by atoms with Crippen LogP contribution in [0.25, 0.3) is 11.0 Å². The Labute approximate surface area is 144 Å². The highest BCUT2D eigenvalue weighted by atomic mass is 16.5. The van der Waals surface area contributed by atoms with Gasteiger partial charge in [0.05, 0.1) is 12.8 Å². The first-order valence-corrected chi connectivity index (χ1v) is 8.86. The first kappa shape index (κ1) is 17.2. The molecule has 0 spiro atoms. The molecule has 0 atom stereocenters. The monoisotopic (exact) mass is 331 g/mol. The van der Waals surface area contributed by atoms with E-state index in [2.05, 4.69) is 48.2 Å². The molecule has 1 fully saturated rings. The SMILES string of the molecule is COc1c(CN(C)C)ccc2c(CCC3CCN(C)CC3)noc12. The van der Waals surface area contributed by atoms with E-state index in [1.165, 1.54) is 32.4 Å². The number of methoxy groups -OCH3 is 1. The zero-order chi connectivity index (χ0) is 17.1. The lowest BCUT2D eigenvalue weighted by Crippen LogP contribution is -2.30. The van der Waals surface area contributed by atoms with Gasteiger partial charge in [0.15, 0.2) is 5.75 Å². The van der Waals surface area contributed by atoms with Gasteiger partial charge in [-0.05, 0) is 71.9 Å². The predicted molar refractivity (Wildman–Crippen MR) is 96.5 cm³/mol. The van der Waals surface area contributed by atoms with Crippen molar-refractivity contribution in [3.63, 3.8) is 0 Å². The van der Waals surface area contributed by atoms with Gasteiger partial charge in [0.2, 0.25) is 5.58 Å².